The van der Waals surface area contributed by atoms with Crippen molar-refractivity contribution in [3.8, 4) is 11.1 Å². The van der Waals surface area contributed by atoms with E-state index >= 15 is 0 Å². The number of piperazine rings is 1. The Kier molecular flexibility index (Phi) is 5.27. The van der Waals surface area contributed by atoms with Crippen molar-refractivity contribution in [2.24, 2.45) is 0 Å². The Morgan fingerprint density at radius 3 is 2.43 bits per heavy atom. The molecule has 1 aliphatic heterocycles. The third-order valence-electron chi connectivity index (χ3n) is 5.53. The molecule has 0 spiro atoms. The quantitative estimate of drug-likeness (QED) is 0.652. The van der Waals surface area contributed by atoms with Crippen molar-refractivity contribution in [2.45, 2.75) is 26.4 Å². The van der Waals surface area contributed by atoms with Gasteiger partial charge in [0.2, 0.25) is 5.91 Å². The van der Waals surface area contributed by atoms with Crippen LogP contribution in [0.15, 0.2) is 78.9 Å². The highest BCUT2D eigenvalue weighted by atomic mass is 16.2. The summed E-state index contributed by atoms with van der Waals surface area (Å²) in [5, 5.41) is 0. The van der Waals surface area contributed by atoms with Crippen LogP contribution in [-0.4, -0.2) is 29.9 Å². The summed E-state index contributed by atoms with van der Waals surface area (Å²) >= 11 is 0. The number of carbonyl (C=O) groups excluding carboxylic acids is 1. The Morgan fingerprint density at radius 1 is 0.893 bits per heavy atom. The van der Waals surface area contributed by atoms with Crippen molar-refractivity contribution >= 4 is 11.6 Å². The SMILES string of the molecule is Cc1cccc(CN2CCN(c3ccccc3-c3ccccc3)C(=O)[C@@H]2C)c1. The maximum atomic E-state index is 13.3. The van der Waals surface area contributed by atoms with Crippen LogP contribution in [0.2, 0.25) is 0 Å². The first-order valence-corrected chi connectivity index (χ1v) is 9.89. The lowest BCUT2D eigenvalue weighted by Crippen LogP contribution is -2.55. The number of carbonyl (C=O) groups is 1. The van der Waals surface area contributed by atoms with E-state index < -0.39 is 0 Å². The zero-order chi connectivity index (χ0) is 19.5. The molecule has 0 aromatic heterocycles. The minimum Gasteiger partial charge on any atom is -0.309 e. The number of benzene rings is 3. The molecule has 1 atom stereocenters. The van der Waals surface area contributed by atoms with E-state index in [9.17, 15) is 4.79 Å². The molecular weight excluding hydrogens is 344 g/mol. The van der Waals surface area contributed by atoms with Crippen molar-refractivity contribution in [3.05, 3.63) is 90.0 Å². The number of amides is 1. The fourth-order valence-corrected chi connectivity index (χ4v) is 3.98. The Bertz CT molecular complexity index is 967. The Balaban J connectivity index is 1.57. The van der Waals surface area contributed by atoms with Crippen LogP contribution in [0, 0.1) is 6.92 Å². The number of anilines is 1. The summed E-state index contributed by atoms with van der Waals surface area (Å²) in [6.07, 6.45) is 0. The average Bonchev–Trinajstić information content (AvgIpc) is 2.72. The van der Waals surface area contributed by atoms with E-state index in [4.69, 9.17) is 0 Å². The van der Waals surface area contributed by atoms with Gasteiger partial charge in [-0.25, -0.2) is 0 Å². The van der Waals surface area contributed by atoms with Gasteiger partial charge < -0.3 is 4.90 Å². The van der Waals surface area contributed by atoms with E-state index in [0.29, 0.717) is 6.54 Å². The summed E-state index contributed by atoms with van der Waals surface area (Å²) < 4.78 is 0. The number of hydrogen-bond acceptors (Lipinski definition) is 2. The van der Waals surface area contributed by atoms with Gasteiger partial charge in [0.25, 0.3) is 0 Å². The van der Waals surface area contributed by atoms with E-state index in [2.05, 4.69) is 60.4 Å². The summed E-state index contributed by atoms with van der Waals surface area (Å²) in [7, 11) is 0. The number of para-hydroxylation sites is 1. The maximum Gasteiger partial charge on any atom is 0.244 e. The Hall–Kier alpha value is -2.91. The van der Waals surface area contributed by atoms with Gasteiger partial charge in [0.15, 0.2) is 0 Å². The van der Waals surface area contributed by atoms with Gasteiger partial charge in [0.1, 0.15) is 0 Å². The molecule has 3 aromatic rings. The van der Waals surface area contributed by atoms with Gasteiger partial charge in [-0.15, -0.1) is 0 Å². The minimum atomic E-state index is -0.141. The molecule has 0 bridgehead atoms. The van der Waals surface area contributed by atoms with Gasteiger partial charge in [-0.3, -0.25) is 9.69 Å². The molecule has 0 N–H and O–H groups in total. The summed E-state index contributed by atoms with van der Waals surface area (Å²) in [4.78, 5) is 17.5. The molecule has 1 aliphatic rings. The van der Waals surface area contributed by atoms with Crippen LogP contribution in [0.1, 0.15) is 18.1 Å². The molecule has 3 heteroatoms. The Labute approximate surface area is 167 Å². The maximum absolute atomic E-state index is 13.3. The van der Waals surface area contributed by atoms with E-state index in [1.165, 1.54) is 11.1 Å². The molecule has 0 radical (unpaired) electrons. The standard InChI is InChI=1S/C25H26N2O/c1-19-9-8-10-21(17-19)18-26-15-16-27(25(28)20(26)2)24-14-7-6-13-23(24)22-11-4-3-5-12-22/h3-14,17,20H,15-16,18H2,1-2H3/t20-/m0/s1. The van der Waals surface area contributed by atoms with Crippen molar-refractivity contribution in [2.75, 3.05) is 18.0 Å². The number of rotatable bonds is 4. The molecule has 28 heavy (non-hydrogen) atoms. The van der Waals surface area contributed by atoms with Gasteiger partial charge in [0, 0.05) is 25.2 Å². The van der Waals surface area contributed by atoms with E-state index in [-0.39, 0.29) is 11.9 Å². The van der Waals surface area contributed by atoms with Crippen LogP contribution < -0.4 is 4.90 Å². The number of hydrogen-bond donors (Lipinski definition) is 0. The van der Waals surface area contributed by atoms with E-state index in [1.54, 1.807) is 0 Å². The second kappa shape index (κ2) is 7.99. The van der Waals surface area contributed by atoms with Crippen LogP contribution in [0.4, 0.5) is 5.69 Å². The second-order valence-corrected chi connectivity index (χ2v) is 7.51. The lowest BCUT2D eigenvalue weighted by Gasteiger charge is -2.39. The number of aryl methyl sites for hydroxylation is 1. The number of nitrogens with zero attached hydrogens (tertiary/aromatic N) is 2. The van der Waals surface area contributed by atoms with Crippen LogP contribution in [0.5, 0.6) is 0 Å². The molecule has 3 aromatic carbocycles. The highest BCUT2D eigenvalue weighted by Gasteiger charge is 2.33. The molecular formula is C25H26N2O. The smallest absolute Gasteiger partial charge is 0.244 e. The van der Waals surface area contributed by atoms with Crippen LogP contribution >= 0.6 is 0 Å². The van der Waals surface area contributed by atoms with Crippen LogP contribution in [0.25, 0.3) is 11.1 Å². The summed E-state index contributed by atoms with van der Waals surface area (Å²) in [6.45, 7) is 6.51. The normalized spacial score (nSPS) is 17.7. The third-order valence-corrected chi connectivity index (χ3v) is 5.53. The first kappa shape index (κ1) is 18.5. The predicted octanol–water partition coefficient (Wildman–Crippen LogP) is 4.90. The first-order valence-electron chi connectivity index (χ1n) is 9.89. The lowest BCUT2D eigenvalue weighted by atomic mass is 10.0. The van der Waals surface area contributed by atoms with Crippen molar-refractivity contribution < 1.29 is 4.79 Å². The fraction of sp³-hybridized carbons (Fsp3) is 0.240. The van der Waals surface area contributed by atoms with Crippen molar-refractivity contribution in [1.82, 2.24) is 4.90 Å². The molecule has 4 rings (SSSR count). The van der Waals surface area contributed by atoms with Gasteiger partial charge >= 0.3 is 0 Å². The van der Waals surface area contributed by atoms with Gasteiger partial charge in [-0.1, -0.05) is 78.4 Å². The summed E-state index contributed by atoms with van der Waals surface area (Å²) in [5.74, 6) is 0.169. The molecule has 1 amide bonds. The van der Waals surface area contributed by atoms with Gasteiger partial charge in [-0.05, 0) is 31.0 Å². The van der Waals surface area contributed by atoms with Gasteiger partial charge in [-0.2, -0.15) is 0 Å². The van der Waals surface area contributed by atoms with Crippen LogP contribution in [0.3, 0.4) is 0 Å². The predicted molar refractivity (Wildman–Crippen MR) is 115 cm³/mol. The monoisotopic (exact) mass is 370 g/mol. The van der Waals surface area contributed by atoms with E-state index in [0.717, 1.165) is 29.9 Å². The molecule has 0 aliphatic carbocycles. The summed E-state index contributed by atoms with van der Waals surface area (Å²) in [6, 6.07) is 26.9. The molecule has 1 saturated heterocycles. The average molecular weight is 370 g/mol. The van der Waals surface area contributed by atoms with E-state index in [1.807, 2.05) is 42.2 Å². The lowest BCUT2D eigenvalue weighted by molar-refractivity contribution is -0.125. The van der Waals surface area contributed by atoms with Crippen molar-refractivity contribution in [1.29, 1.82) is 0 Å². The first-order chi connectivity index (χ1) is 13.6. The molecule has 0 saturated carbocycles. The van der Waals surface area contributed by atoms with Crippen LogP contribution in [-0.2, 0) is 11.3 Å². The zero-order valence-electron chi connectivity index (χ0n) is 16.5. The fourth-order valence-electron chi connectivity index (χ4n) is 3.98. The highest BCUT2D eigenvalue weighted by molar-refractivity contribution is 6.01. The summed E-state index contributed by atoms with van der Waals surface area (Å²) in [5.41, 5.74) is 5.77. The van der Waals surface area contributed by atoms with Crippen molar-refractivity contribution in [3.63, 3.8) is 0 Å². The van der Waals surface area contributed by atoms with Gasteiger partial charge in [0.05, 0.1) is 11.7 Å². The zero-order valence-corrected chi connectivity index (χ0v) is 16.5. The molecule has 1 fully saturated rings. The third kappa shape index (κ3) is 3.71. The molecule has 142 valence electrons. The second-order valence-electron chi connectivity index (χ2n) is 7.51. The Morgan fingerprint density at radius 2 is 1.64 bits per heavy atom. The largest absolute Gasteiger partial charge is 0.309 e. The highest BCUT2D eigenvalue weighted by Crippen LogP contribution is 2.32. The topological polar surface area (TPSA) is 23.6 Å². The molecule has 0 unspecified atom stereocenters. The molecule has 3 nitrogen and oxygen atoms in total. The molecule has 1 heterocycles. The minimum absolute atomic E-state index is 0.141.